The van der Waals surface area contributed by atoms with E-state index in [2.05, 4.69) is 43.4 Å². The van der Waals surface area contributed by atoms with E-state index in [-0.39, 0.29) is 5.91 Å². The molecule has 0 saturated heterocycles. The molecule has 0 fully saturated rings. The molecule has 0 aliphatic carbocycles. The van der Waals surface area contributed by atoms with Crippen LogP contribution in [0.25, 0.3) is 0 Å². The number of carbonyl (C=O) groups excluding carboxylic acids is 1. The molecule has 2 rings (SSSR count). The summed E-state index contributed by atoms with van der Waals surface area (Å²) in [6.07, 6.45) is 3.52. The second-order valence-electron chi connectivity index (χ2n) is 5.77. The number of aryl methyl sites for hydroxylation is 2. The third-order valence-electron chi connectivity index (χ3n) is 3.81. The van der Waals surface area contributed by atoms with E-state index in [9.17, 15) is 4.79 Å². The minimum Gasteiger partial charge on any atom is -0.325 e. The van der Waals surface area contributed by atoms with Gasteiger partial charge < -0.3 is 5.32 Å². The number of nitrogens with one attached hydrogen (secondary N) is 1. The van der Waals surface area contributed by atoms with Crippen LogP contribution in [0.2, 0.25) is 0 Å². The molecule has 23 heavy (non-hydrogen) atoms. The first-order chi connectivity index (χ1) is 11.2. The number of hydrogen-bond donors (Lipinski definition) is 1. The maximum Gasteiger partial charge on any atom is 0.234 e. The number of anilines is 1. The lowest BCUT2D eigenvalue weighted by Crippen LogP contribution is -2.14. The van der Waals surface area contributed by atoms with Crippen molar-refractivity contribution < 1.29 is 4.79 Å². The topological polar surface area (TPSA) is 29.1 Å². The van der Waals surface area contributed by atoms with Crippen molar-refractivity contribution in [2.75, 3.05) is 11.1 Å². The van der Waals surface area contributed by atoms with Crippen molar-refractivity contribution in [2.24, 2.45) is 0 Å². The highest BCUT2D eigenvalue weighted by Crippen LogP contribution is 2.17. The third kappa shape index (κ3) is 6.11. The Bertz CT molecular complexity index is 622. The number of benzene rings is 2. The maximum absolute atomic E-state index is 12.0. The fourth-order valence-corrected chi connectivity index (χ4v) is 3.26. The molecule has 0 heterocycles. The first-order valence-corrected chi connectivity index (χ1v) is 9.35. The first kappa shape index (κ1) is 17.6. The van der Waals surface area contributed by atoms with Gasteiger partial charge >= 0.3 is 0 Å². The van der Waals surface area contributed by atoms with E-state index in [1.807, 2.05) is 24.3 Å². The Balaban J connectivity index is 1.75. The summed E-state index contributed by atoms with van der Waals surface area (Å²) in [4.78, 5) is 12.0. The van der Waals surface area contributed by atoms with Crippen LogP contribution in [0.3, 0.4) is 0 Å². The number of unbranched alkanes of at least 4 members (excludes halogenated alkanes) is 1. The van der Waals surface area contributed by atoms with Gasteiger partial charge in [0.1, 0.15) is 0 Å². The van der Waals surface area contributed by atoms with Gasteiger partial charge in [-0.3, -0.25) is 4.79 Å². The van der Waals surface area contributed by atoms with Crippen LogP contribution in [0.15, 0.2) is 48.5 Å². The second-order valence-corrected chi connectivity index (χ2v) is 6.75. The van der Waals surface area contributed by atoms with Gasteiger partial charge in [0, 0.05) is 11.4 Å². The quantitative estimate of drug-likeness (QED) is 0.721. The molecule has 0 atom stereocenters. The van der Waals surface area contributed by atoms with Gasteiger partial charge in [0.25, 0.3) is 0 Å². The number of amides is 1. The summed E-state index contributed by atoms with van der Waals surface area (Å²) < 4.78 is 0. The van der Waals surface area contributed by atoms with E-state index in [0.29, 0.717) is 5.75 Å². The minimum absolute atomic E-state index is 0.0601. The molecule has 122 valence electrons. The molecular formula is C20H25NOS. The predicted molar refractivity (Wildman–Crippen MR) is 101 cm³/mol. The minimum atomic E-state index is 0.0601. The summed E-state index contributed by atoms with van der Waals surface area (Å²) in [5, 5.41) is 2.97. The van der Waals surface area contributed by atoms with Gasteiger partial charge in [0.2, 0.25) is 5.91 Å². The van der Waals surface area contributed by atoms with Gasteiger partial charge in [-0.1, -0.05) is 49.7 Å². The molecule has 1 amide bonds. The normalized spacial score (nSPS) is 10.5. The van der Waals surface area contributed by atoms with Crippen LogP contribution in [0.5, 0.6) is 0 Å². The van der Waals surface area contributed by atoms with Crippen LogP contribution < -0.4 is 5.32 Å². The Hall–Kier alpha value is -1.74. The van der Waals surface area contributed by atoms with Crippen molar-refractivity contribution in [1.82, 2.24) is 0 Å². The Morgan fingerprint density at radius 3 is 2.52 bits per heavy atom. The molecule has 0 saturated carbocycles. The Morgan fingerprint density at radius 1 is 1.09 bits per heavy atom. The highest BCUT2D eigenvalue weighted by atomic mass is 32.2. The Kier molecular flexibility index (Phi) is 7.21. The molecule has 0 aliphatic rings. The fourth-order valence-electron chi connectivity index (χ4n) is 2.36. The molecule has 1 N–H and O–H groups in total. The lowest BCUT2D eigenvalue weighted by Gasteiger charge is -2.07. The molecule has 3 heteroatoms. The van der Waals surface area contributed by atoms with Gasteiger partial charge in [-0.05, 0) is 48.6 Å². The van der Waals surface area contributed by atoms with E-state index >= 15 is 0 Å². The highest BCUT2D eigenvalue weighted by Gasteiger charge is 2.04. The molecule has 0 spiro atoms. The molecule has 0 bridgehead atoms. The number of rotatable bonds is 8. The standard InChI is InChI=1S/C20H25NOS/c1-3-4-8-17-10-12-19(13-11-17)21-20(22)15-23-14-18-9-6-5-7-16(18)2/h5-7,9-13H,3-4,8,14-15H2,1-2H3,(H,21,22). The second kappa shape index (κ2) is 9.41. The Labute approximate surface area is 143 Å². The third-order valence-corrected chi connectivity index (χ3v) is 4.79. The average Bonchev–Trinajstić information content (AvgIpc) is 2.56. The zero-order chi connectivity index (χ0) is 16.5. The van der Waals surface area contributed by atoms with E-state index < -0.39 is 0 Å². The van der Waals surface area contributed by atoms with Crippen molar-refractivity contribution >= 4 is 23.4 Å². The zero-order valence-electron chi connectivity index (χ0n) is 14.0. The molecule has 2 aromatic carbocycles. The predicted octanol–water partition coefficient (Wildman–Crippen LogP) is 5.21. The van der Waals surface area contributed by atoms with E-state index in [4.69, 9.17) is 0 Å². The maximum atomic E-state index is 12.0. The van der Waals surface area contributed by atoms with Gasteiger partial charge in [0.15, 0.2) is 0 Å². The average molecular weight is 327 g/mol. The SMILES string of the molecule is CCCCc1ccc(NC(=O)CSCc2ccccc2C)cc1. The largest absolute Gasteiger partial charge is 0.325 e. The zero-order valence-corrected chi connectivity index (χ0v) is 14.8. The number of carbonyl (C=O) groups is 1. The van der Waals surface area contributed by atoms with Crippen molar-refractivity contribution in [2.45, 2.75) is 38.9 Å². The van der Waals surface area contributed by atoms with Gasteiger partial charge in [0.05, 0.1) is 5.75 Å². The number of hydrogen-bond acceptors (Lipinski definition) is 2. The Morgan fingerprint density at radius 2 is 1.83 bits per heavy atom. The van der Waals surface area contributed by atoms with Crippen LogP contribution in [-0.4, -0.2) is 11.7 Å². The smallest absolute Gasteiger partial charge is 0.234 e. The van der Waals surface area contributed by atoms with Crippen LogP contribution >= 0.6 is 11.8 Å². The summed E-state index contributed by atoms with van der Waals surface area (Å²) in [5.41, 5.74) is 4.79. The van der Waals surface area contributed by atoms with Crippen molar-refractivity contribution in [3.63, 3.8) is 0 Å². The molecule has 0 radical (unpaired) electrons. The summed E-state index contributed by atoms with van der Waals surface area (Å²) in [6.45, 7) is 4.30. The van der Waals surface area contributed by atoms with Crippen LogP contribution in [0.4, 0.5) is 5.69 Å². The summed E-state index contributed by atoms with van der Waals surface area (Å²) in [5.74, 6) is 1.41. The van der Waals surface area contributed by atoms with Crippen molar-refractivity contribution in [1.29, 1.82) is 0 Å². The number of thioether (sulfide) groups is 1. The lowest BCUT2D eigenvalue weighted by atomic mass is 10.1. The van der Waals surface area contributed by atoms with Gasteiger partial charge in [-0.25, -0.2) is 0 Å². The molecule has 2 aromatic rings. The summed E-state index contributed by atoms with van der Waals surface area (Å²) in [7, 11) is 0. The monoisotopic (exact) mass is 327 g/mol. The van der Waals surface area contributed by atoms with Gasteiger partial charge in [-0.2, -0.15) is 0 Å². The highest BCUT2D eigenvalue weighted by molar-refractivity contribution is 7.99. The molecule has 0 aromatic heterocycles. The van der Waals surface area contributed by atoms with Crippen LogP contribution in [0.1, 0.15) is 36.5 Å². The van der Waals surface area contributed by atoms with Gasteiger partial charge in [-0.15, -0.1) is 11.8 Å². The van der Waals surface area contributed by atoms with Crippen molar-refractivity contribution in [3.05, 3.63) is 65.2 Å². The van der Waals surface area contributed by atoms with Crippen LogP contribution in [0, 0.1) is 6.92 Å². The van der Waals surface area contributed by atoms with Crippen LogP contribution in [-0.2, 0) is 17.0 Å². The van der Waals surface area contributed by atoms with E-state index in [1.165, 1.54) is 29.5 Å². The lowest BCUT2D eigenvalue weighted by molar-refractivity contribution is -0.113. The fraction of sp³-hybridized carbons (Fsp3) is 0.350. The van der Waals surface area contributed by atoms with E-state index in [1.54, 1.807) is 11.8 Å². The molecule has 0 aliphatic heterocycles. The molecule has 0 unspecified atom stereocenters. The van der Waals surface area contributed by atoms with E-state index in [0.717, 1.165) is 17.9 Å². The first-order valence-electron chi connectivity index (χ1n) is 8.20. The molecular weight excluding hydrogens is 302 g/mol. The van der Waals surface area contributed by atoms with Crippen molar-refractivity contribution in [3.8, 4) is 0 Å². The summed E-state index contributed by atoms with van der Waals surface area (Å²) >= 11 is 1.65. The summed E-state index contributed by atoms with van der Waals surface area (Å²) in [6, 6.07) is 16.5. The molecule has 2 nitrogen and oxygen atoms in total.